The molecule has 3 aromatic carbocycles. The average Bonchev–Trinajstić information content (AvgIpc) is 2.62. The fourth-order valence-electron chi connectivity index (χ4n) is 2.45. The molecule has 0 atom stereocenters. The monoisotopic (exact) mass is 374 g/mol. The molecule has 0 aliphatic carbocycles. The van der Waals surface area contributed by atoms with Crippen LogP contribution in [-0.2, 0) is 6.18 Å². The maximum absolute atomic E-state index is 12.7. The number of carbonyl (C=O) groups is 1. The van der Waals surface area contributed by atoms with Crippen LogP contribution in [0.3, 0.4) is 0 Å². The summed E-state index contributed by atoms with van der Waals surface area (Å²) in [7, 11) is 0. The molecule has 0 aliphatic rings. The van der Waals surface area contributed by atoms with Gasteiger partial charge < -0.3 is 5.11 Å². The van der Waals surface area contributed by atoms with Crippen LogP contribution in [0.4, 0.5) is 13.2 Å². The summed E-state index contributed by atoms with van der Waals surface area (Å²) in [5.41, 5.74) is 1.04. The first-order chi connectivity index (χ1) is 12.3. The maximum atomic E-state index is 12.7. The van der Waals surface area contributed by atoms with Crippen LogP contribution in [0.2, 0.25) is 0 Å². The van der Waals surface area contributed by atoms with Gasteiger partial charge in [0.05, 0.1) is 11.1 Å². The number of hydrogen-bond acceptors (Lipinski definition) is 2. The van der Waals surface area contributed by atoms with Crippen molar-refractivity contribution < 1.29 is 23.1 Å². The first-order valence-corrected chi connectivity index (χ1v) is 8.44. The van der Waals surface area contributed by atoms with Gasteiger partial charge in [0.1, 0.15) is 0 Å². The summed E-state index contributed by atoms with van der Waals surface area (Å²) in [5.74, 6) is -1.01. The number of benzene rings is 3. The zero-order valence-electron chi connectivity index (χ0n) is 13.3. The van der Waals surface area contributed by atoms with Crippen molar-refractivity contribution in [3.63, 3.8) is 0 Å². The quantitative estimate of drug-likeness (QED) is 0.589. The van der Waals surface area contributed by atoms with Crippen LogP contribution in [0.5, 0.6) is 0 Å². The largest absolute Gasteiger partial charge is 0.478 e. The molecule has 6 heteroatoms. The molecule has 0 fully saturated rings. The molecule has 1 N–H and O–H groups in total. The number of halogens is 3. The van der Waals surface area contributed by atoms with Gasteiger partial charge in [-0.3, -0.25) is 0 Å². The molecule has 0 saturated heterocycles. The number of carboxylic acid groups (broad SMARTS) is 1. The number of aromatic carboxylic acids is 1. The topological polar surface area (TPSA) is 37.3 Å². The van der Waals surface area contributed by atoms with Crippen LogP contribution < -0.4 is 0 Å². The van der Waals surface area contributed by atoms with Crippen molar-refractivity contribution in [3.8, 4) is 11.1 Å². The lowest BCUT2D eigenvalue weighted by molar-refractivity contribution is -0.137. The molecule has 132 valence electrons. The number of hydrogen-bond donors (Lipinski definition) is 1. The van der Waals surface area contributed by atoms with Gasteiger partial charge in [0, 0.05) is 9.79 Å². The summed E-state index contributed by atoms with van der Waals surface area (Å²) in [6, 6.07) is 18.9. The summed E-state index contributed by atoms with van der Waals surface area (Å²) in [6.45, 7) is 0. The van der Waals surface area contributed by atoms with Gasteiger partial charge >= 0.3 is 12.1 Å². The van der Waals surface area contributed by atoms with E-state index < -0.39 is 17.7 Å². The van der Waals surface area contributed by atoms with Gasteiger partial charge in [0.2, 0.25) is 0 Å². The highest BCUT2D eigenvalue weighted by molar-refractivity contribution is 7.99. The van der Waals surface area contributed by atoms with Crippen LogP contribution in [0.1, 0.15) is 15.9 Å². The molecule has 3 rings (SSSR count). The highest BCUT2D eigenvalue weighted by Crippen LogP contribution is 2.37. The second-order valence-electron chi connectivity index (χ2n) is 5.51. The van der Waals surface area contributed by atoms with Crippen LogP contribution in [0.15, 0.2) is 82.6 Å². The molecular weight excluding hydrogens is 361 g/mol. The van der Waals surface area contributed by atoms with Gasteiger partial charge in [-0.15, -0.1) is 0 Å². The SMILES string of the molecule is O=C(O)c1cccc(-c2ccccc2Sc2ccc(C(F)(F)F)cc2)c1. The predicted octanol–water partition coefficient (Wildman–Crippen LogP) is 6.22. The van der Waals surface area contributed by atoms with E-state index >= 15 is 0 Å². The summed E-state index contributed by atoms with van der Waals surface area (Å²) >= 11 is 1.33. The third-order valence-electron chi connectivity index (χ3n) is 3.72. The molecule has 0 saturated carbocycles. The Morgan fingerprint density at radius 3 is 2.23 bits per heavy atom. The minimum atomic E-state index is -4.36. The van der Waals surface area contributed by atoms with E-state index in [0.717, 1.165) is 28.2 Å². The van der Waals surface area contributed by atoms with E-state index in [1.165, 1.54) is 30.0 Å². The Balaban J connectivity index is 1.93. The highest BCUT2D eigenvalue weighted by Gasteiger charge is 2.29. The third kappa shape index (κ3) is 4.08. The predicted molar refractivity (Wildman–Crippen MR) is 94.4 cm³/mol. The van der Waals surface area contributed by atoms with Crippen molar-refractivity contribution in [1.29, 1.82) is 0 Å². The molecule has 0 unspecified atom stereocenters. The van der Waals surface area contributed by atoms with E-state index in [0.29, 0.717) is 4.90 Å². The molecule has 0 aromatic heterocycles. The lowest BCUT2D eigenvalue weighted by atomic mass is 10.0. The van der Waals surface area contributed by atoms with Crippen molar-refractivity contribution >= 4 is 17.7 Å². The fraction of sp³-hybridized carbons (Fsp3) is 0.0500. The first-order valence-electron chi connectivity index (χ1n) is 7.62. The highest BCUT2D eigenvalue weighted by atomic mass is 32.2. The summed E-state index contributed by atoms with van der Waals surface area (Å²) < 4.78 is 38.0. The van der Waals surface area contributed by atoms with Gasteiger partial charge in [-0.1, -0.05) is 42.1 Å². The van der Waals surface area contributed by atoms with Crippen LogP contribution in [-0.4, -0.2) is 11.1 Å². The number of carboxylic acids is 1. The van der Waals surface area contributed by atoms with E-state index in [4.69, 9.17) is 5.11 Å². The summed E-state index contributed by atoms with van der Waals surface area (Å²) in [4.78, 5) is 12.7. The molecule has 0 heterocycles. The minimum absolute atomic E-state index is 0.178. The van der Waals surface area contributed by atoms with E-state index in [2.05, 4.69) is 0 Å². The van der Waals surface area contributed by atoms with Crippen molar-refractivity contribution in [2.75, 3.05) is 0 Å². The molecule has 2 nitrogen and oxygen atoms in total. The maximum Gasteiger partial charge on any atom is 0.416 e. The number of alkyl halides is 3. The zero-order valence-corrected chi connectivity index (χ0v) is 14.1. The Morgan fingerprint density at radius 1 is 0.885 bits per heavy atom. The van der Waals surface area contributed by atoms with Gasteiger partial charge in [0.25, 0.3) is 0 Å². The Morgan fingerprint density at radius 2 is 1.58 bits per heavy atom. The molecule has 0 aliphatic heterocycles. The van der Waals surface area contributed by atoms with Crippen molar-refractivity contribution in [2.24, 2.45) is 0 Å². The summed E-state index contributed by atoms with van der Waals surface area (Å²) in [6.07, 6.45) is -4.36. The van der Waals surface area contributed by atoms with Gasteiger partial charge in [0.15, 0.2) is 0 Å². The first kappa shape index (κ1) is 18.1. The average molecular weight is 374 g/mol. The molecule has 0 amide bonds. The van der Waals surface area contributed by atoms with Crippen molar-refractivity contribution in [1.82, 2.24) is 0 Å². The Kier molecular flexibility index (Phi) is 5.04. The molecular formula is C20H13F3O2S. The molecule has 0 radical (unpaired) electrons. The Labute approximate surface area is 152 Å². The zero-order chi connectivity index (χ0) is 18.7. The van der Waals surface area contributed by atoms with E-state index in [9.17, 15) is 18.0 Å². The third-order valence-corrected chi connectivity index (χ3v) is 4.80. The molecule has 0 spiro atoms. The lowest BCUT2D eigenvalue weighted by Gasteiger charge is -2.11. The van der Waals surface area contributed by atoms with Crippen LogP contribution >= 0.6 is 11.8 Å². The molecule has 0 bridgehead atoms. The van der Waals surface area contributed by atoms with E-state index in [-0.39, 0.29) is 5.56 Å². The Hall–Kier alpha value is -2.73. The van der Waals surface area contributed by atoms with Crippen LogP contribution in [0, 0.1) is 0 Å². The Bertz CT molecular complexity index is 934. The molecule has 3 aromatic rings. The van der Waals surface area contributed by atoms with Gasteiger partial charge in [-0.05, 0) is 53.6 Å². The van der Waals surface area contributed by atoms with E-state index in [1.807, 2.05) is 24.3 Å². The van der Waals surface area contributed by atoms with Crippen molar-refractivity contribution in [3.05, 3.63) is 83.9 Å². The van der Waals surface area contributed by atoms with Crippen LogP contribution in [0.25, 0.3) is 11.1 Å². The smallest absolute Gasteiger partial charge is 0.416 e. The number of rotatable bonds is 4. The lowest BCUT2D eigenvalue weighted by Crippen LogP contribution is -2.03. The second kappa shape index (κ2) is 7.25. The van der Waals surface area contributed by atoms with Gasteiger partial charge in [-0.2, -0.15) is 13.2 Å². The summed E-state index contributed by atoms with van der Waals surface area (Å²) in [5, 5.41) is 9.16. The second-order valence-corrected chi connectivity index (χ2v) is 6.62. The fourth-order valence-corrected chi connectivity index (χ4v) is 3.42. The standard InChI is InChI=1S/C20H13F3O2S/c21-20(22,23)15-8-10-16(11-9-15)26-18-7-2-1-6-17(18)13-4-3-5-14(12-13)19(24)25/h1-12H,(H,24,25). The van der Waals surface area contributed by atoms with Gasteiger partial charge in [-0.25, -0.2) is 4.79 Å². The van der Waals surface area contributed by atoms with E-state index in [1.54, 1.807) is 18.2 Å². The minimum Gasteiger partial charge on any atom is -0.478 e. The normalized spacial score (nSPS) is 11.3. The van der Waals surface area contributed by atoms with Crippen molar-refractivity contribution in [2.45, 2.75) is 16.0 Å². The molecule has 26 heavy (non-hydrogen) atoms.